The molecule has 0 saturated heterocycles. The summed E-state index contributed by atoms with van der Waals surface area (Å²) in [5.74, 6) is 2.64. The van der Waals surface area contributed by atoms with Crippen molar-refractivity contribution in [2.75, 3.05) is 6.54 Å². The number of nitrogens with zero attached hydrogens (tertiary/aromatic N) is 4. The lowest BCUT2D eigenvalue weighted by atomic mass is 10.0. The number of thiophene rings is 1. The van der Waals surface area contributed by atoms with Crippen LogP contribution in [0, 0.1) is 5.92 Å². The first-order valence-corrected chi connectivity index (χ1v) is 11.3. The Morgan fingerprint density at radius 1 is 1.21 bits per heavy atom. The van der Waals surface area contributed by atoms with Crippen molar-refractivity contribution in [2.24, 2.45) is 10.9 Å². The predicted octanol–water partition coefficient (Wildman–Crippen LogP) is 4.41. The summed E-state index contributed by atoms with van der Waals surface area (Å²) in [6, 6.07) is 4.88. The molecule has 0 aliphatic heterocycles. The Labute approximate surface area is 173 Å². The Kier molecular flexibility index (Phi) is 9.47. The van der Waals surface area contributed by atoms with Crippen LogP contribution in [-0.2, 0) is 13.0 Å². The van der Waals surface area contributed by atoms with Gasteiger partial charge in [0.05, 0.1) is 12.6 Å². The fourth-order valence-electron chi connectivity index (χ4n) is 3.09. The molecule has 6 nitrogen and oxygen atoms in total. The molecule has 0 saturated carbocycles. The van der Waals surface area contributed by atoms with Crippen LogP contribution in [0.5, 0.6) is 0 Å². The normalized spacial score (nSPS) is 14.3. The number of aryl methyl sites for hydroxylation is 1. The number of aromatic nitrogens is 3. The van der Waals surface area contributed by atoms with Gasteiger partial charge >= 0.3 is 0 Å². The van der Waals surface area contributed by atoms with Crippen LogP contribution in [0.15, 0.2) is 28.8 Å². The molecule has 0 fully saturated rings. The molecule has 2 rings (SSSR count). The molecule has 2 atom stereocenters. The minimum atomic E-state index is 0.232. The van der Waals surface area contributed by atoms with Crippen LogP contribution < -0.4 is 10.6 Å². The Hall–Kier alpha value is -1.89. The second-order valence-electron chi connectivity index (χ2n) is 7.78. The van der Waals surface area contributed by atoms with Crippen molar-refractivity contribution in [3.05, 3.63) is 34.5 Å². The van der Waals surface area contributed by atoms with Crippen molar-refractivity contribution in [1.29, 1.82) is 0 Å². The summed E-state index contributed by atoms with van der Waals surface area (Å²) >= 11 is 1.77. The third kappa shape index (κ3) is 7.62. The number of aliphatic imine (C=N–C) groups is 1. The number of hydrogen-bond acceptors (Lipinski definition) is 4. The summed E-state index contributed by atoms with van der Waals surface area (Å²) in [5, 5.41) is 17.4. The fourth-order valence-corrected chi connectivity index (χ4v) is 3.83. The lowest BCUT2D eigenvalue weighted by Crippen LogP contribution is -2.43. The smallest absolute Gasteiger partial charge is 0.192 e. The minimum Gasteiger partial charge on any atom is -0.354 e. The number of nitrogens with one attached hydrogen (secondary N) is 2. The van der Waals surface area contributed by atoms with Crippen molar-refractivity contribution in [3.8, 4) is 0 Å². The molecule has 28 heavy (non-hydrogen) atoms. The van der Waals surface area contributed by atoms with Gasteiger partial charge in [0.1, 0.15) is 12.2 Å². The van der Waals surface area contributed by atoms with Gasteiger partial charge in [-0.25, -0.2) is 0 Å². The van der Waals surface area contributed by atoms with E-state index in [4.69, 9.17) is 4.99 Å². The summed E-state index contributed by atoms with van der Waals surface area (Å²) in [4.78, 5) is 6.14. The van der Waals surface area contributed by atoms with E-state index >= 15 is 0 Å². The van der Waals surface area contributed by atoms with E-state index in [1.165, 1.54) is 17.7 Å². The van der Waals surface area contributed by atoms with Gasteiger partial charge in [-0.05, 0) is 37.6 Å². The molecule has 2 aromatic heterocycles. The molecule has 0 spiro atoms. The van der Waals surface area contributed by atoms with Crippen LogP contribution in [0.1, 0.15) is 70.6 Å². The molecular weight excluding hydrogens is 368 g/mol. The topological polar surface area (TPSA) is 67.1 Å². The van der Waals surface area contributed by atoms with Gasteiger partial charge < -0.3 is 15.2 Å². The molecule has 2 heterocycles. The Morgan fingerprint density at radius 2 is 2.04 bits per heavy atom. The van der Waals surface area contributed by atoms with Crippen molar-refractivity contribution in [2.45, 2.75) is 78.9 Å². The van der Waals surface area contributed by atoms with E-state index in [1.54, 1.807) is 17.7 Å². The summed E-state index contributed by atoms with van der Waals surface area (Å²) in [7, 11) is 0. The van der Waals surface area contributed by atoms with Crippen LogP contribution in [0.2, 0.25) is 0 Å². The highest BCUT2D eigenvalue weighted by Gasteiger charge is 2.12. The van der Waals surface area contributed by atoms with Gasteiger partial charge in [-0.2, -0.15) is 0 Å². The Bertz CT molecular complexity index is 692. The third-order valence-electron chi connectivity index (χ3n) is 4.75. The van der Waals surface area contributed by atoms with Gasteiger partial charge in [0.2, 0.25) is 0 Å². The maximum Gasteiger partial charge on any atom is 0.192 e. The van der Waals surface area contributed by atoms with Crippen LogP contribution in [-0.4, -0.2) is 33.3 Å². The van der Waals surface area contributed by atoms with Gasteiger partial charge in [-0.3, -0.25) is 4.99 Å². The van der Waals surface area contributed by atoms with Gasteiger partial charge in [0.15, 0.2) is 5.96 Å². The first-order chi connectivity index (χ1) is 13.5. The van der Waals surface area contributed by atoms with Gasteiger partial charge in [0, 0.05) is 23.9 Å². The predicted molar refractivity (Wildman–Crippen MR) is 119 cm³/mol. The Balaban J connectivity index is 1.95. The number of rotatable bonds is 11. The highest BCUT2D eigenvalue weighted by molar-refractivity contribution is 7.10. The van der Waals surface area contributed by atoms with E-state index in [2.05, 4.69) is 77.5 Å². The SMILES string of the molecule is CCc1nncn1CCN=C(NC(C)CCCC(C)C)NC(C)c1cccs1. The molecule has 7 heteroatoms. The van der Waals surface area contributed by atoms with E-state index in [1.807, 2.05) is 0 Å². The number of guanidine groups is 1. The molecular formula is C21H36N6S. The maximum atomic E-state index is 4.83. The summed E-state index contributed by atoms with van der Waals surface area (Å²) < 4.78 is 2.08. The lowest BCUT2D eigenvalue weighted by Gasteiger charge is -2.22. The molecule has 0 amide bonds. The summed E-state index contributed by atoms with van der Waals surface area (Å²) in [6.07, 6.45) is 6.33. The van der Waals surface area contributed by atoms with E-state index in [9.17, 15) is 0 Å². The molecule has 2 aromatic rings. The zero-order valence-electron chi connectivity index (χ0n) is 18.0. The molecule has 156 valence electrons. The van der Waals surface area contributed by atoms with Crippen molar-refractivity contribution in [1.82, 2.24) is 25.4 Å². The first-order valence-electron chi connectivity index (χ1n) is 10.5. The maximum absolute atomic E-state index is 4.83. The van der Waals surface area contributed by atoms with Crippen molar-refractivity contribution >= 4 is 17.3 Å². The van der Waals surface area contributed by atoms with Crippen LogP contribution in [0.25, 0.3) is 0 Å². The minimum absolute atomic E-state index is 0.232. The van der Waals surface area contributed by atoms with E-state index in [0.29, 0.717) is 12.6 Å². The molecule has 2 N–H and O–H groups in total. The van der Waals surface area contributed by atoms with Gasteiger partial charge in [-0.15, -0.1) is 21.5 Å². The lowest BCUT2D eigenvalue weighted by molar-refractivity contribution is 0.489. The monoisotopic (exact) mass is 404 g/mol. The quantitative estimate of drug-likeness (QED) is 0.430. The zero-order chi connectivity index (χ0) is 20.4. The van der Waals surface area contributed by atoms with Gasteiger partial charge in [0.25, 0.3) is 0 Å². The standard InChI is InChI=1S/C21H36N6S/c1-6-20-26-23-15-27(20)13-12-22-21(24-17(4)10-7-9-16(2)3)25-18(5)19-11-8-14-28-19/h8,11,14-18H,6-7,9-10,12-13H2,1-5H3,(H2,22,24,25). The van der Waals surface area contributed by atoms with E-state index < -0.39 is 0 Å². The summed E-state index contributed by atoms with van der Waals surface area (Å²) in [6.45, 7) is 12.6. The molecule has 0 radical (unpaired) electrons. The molecule has 0 bridgehead atoms. The summed E-state index contributed by atoms with van der Waals surface area (Å²) in [5.41, 5.74) is 0. The zero-order valence-corrected chi connectivity index (χ0v) is 18.8. The van der Waals surface area contributed by atoms with Crippen molar-refractivity contribution in [3.63, 3.8) is 0 Å². The second kappa shape index (κ2) is 11.8. The fraction of sp³-hybridized carbons (Fsp3) is 0.667. The molecule has 2 unspecified atom stereocenters. The highest BCUT2D eigenvalue weighted by Crippen LogP contribution is 2.18. The Morgan fingerprint density at radius 3 is 2.71 bits per heavy atom. The van der Waals surface area contributed by atoms with E-state index in [-0.39, 0.29) is 6.04 Å². The average molecular weight is 405 g/mol. The number of hydrogen-bond donors (Lipinski definition) is 2. The van der Waals surface area contributed by atoms with Gasteiger partial charge in [-0.1, -0.05) is 39.7 Å². The molecule has 0 aliphatic rings. The highest BCUT2D eigenvalue weighted by atomic mass is 32.1. The van der Waals surface area contributed by atoms with Crippen LogP contribution in [0.3, 0.4) is 0 Å². The molecule has 0 aliphatic carbocycles. The van der Waals surface area contributed by atoms with Crippen molar-refractivity contribution < 1.29 is 0 Å². The largest absolute Gasteiger partial charge is 0.354 e. The van der Waals surface area contributed by atoms with Crippen LogP contribution in [0.4, 0.5) is 0 Å². The van der Waals surface area contributed by atoms with E-state index in [0.717, 1.165) is 37.1 Å². The average Bonchev–Trinajstić information content (AvgIpc) is 3.33. The second-order valence-corrected chi connectivity index (χ2v) is 8.76. The van der Waals surface area contributed by atoms with Crippen LogP contribution >= 0.6 is 11.3 Å². The first kappa shape index (κ1) is 22.4. The third-order valence-corrected chi connectivity index (χ3v) is 5.80. The molecule has 0 aromatic carbocycles.